The SMILES string of the molecule is CNCC1CCCN1C(=O)c1cccc(OCC(C)C)c1.Cl. The van der Waals surface area contributed by atoms with E-state index in [1.165, 1.54) is 0 Å². The van der Waals surface area contributed by atoms with Crippen molar-refractivity contribution in [2.45, 2.75) is 32.7 Å². The smallest absolute Gasteiger partial charge is 0.254 e. The van der Waals surface area contributed by atoms with E-state index in [9.17, 15) is 4.79 Å². The maximum Gasteiger partial charge on any atom is 0.254 e. The number of likely N-dealkylation sites (tertiary alicyclic amines) is 1. The molecule has 0 aliphatic carbocycles. The standard InChI is InChI=1S/C17H26N2O2.ClH/c1-13(2)12-21-16-8-4-6-14(10-16)17(20)19-9-5-7-15(19)11-18-3;/h4,6,8,10,13,15,18H,5,7,9,11-12H2,1-3H3;1H. The predicted molar refractivity (Wildman–Crippen MR) is 92.0 cm³/mol. The van der Waals surface area contributed by atoms with E-state index in [2.05, 4.69) is 19.2 Å². The maximum absolute atomic E-state index is 12.7. The van der Waals surface area contributed by atoms with E-state index in [1.54, 1.807) is 0 Å². The molecule has 22 heavy (non-hydrogen) atoms. The van der Waals surface area contributed by atoms with Gasteiger partial charge in [0.25, 0.3) is 5.91 Å². The Bertz CT molecular complexity index is 479. The van der Waals surface area contributed by atoms with E-state index in [0.29, 0.717) is 18.6 Å². The number of halogens is 1. The average molecular weight is 327 g/mol. The highest BCUT2D eigenvalue weighted by molar-refractivity contribution is 5.95. The molecule has 1 unspecified atom stereocenters. The molecule has 0 bridgehead atoms. The van der Waals surface area contributed by atoms with Crippen molar-refractivity contribution in [1.29, 1.82) is 0 Å². The minimum atomic E-state index is 0. The molecule has 2 rings (SSSR count). The highest BCUT2D eigenvalue weighted by Crippen LogP contribution is 2.22. The summed E-state index contributed by atoms with van der Waals surface area (Å²) in [6, 6.07) is 7.85. The number of carbonyl (C=O) groups excluding carboxylic acids is 1. The monoisotopic (exact) mass is 326 g/mol. The Hall–Kier alpha value is -1.26. The summed E-state index contributed by atoms with van der Waals surface area (Å²) in [4.78, 5) is 14.6. The summed E-state index contributed by atoms with van der Waals surface area (Å²) in [5, 5.41) is 3.17. The normalized spacial score (nSPS) is 17.5. The summed E-state index contributed by atoms with van der Waals surface area (Å²) >= 11 is 0. The fourth-order valence-corrected chi connectivity index (χ4v) is 2.70. The average Bonchev–Trinajstić information content (AvgIpc) is 2.93. The van der Waals surface area contributed by atoms with Crippen LogP contribution >= 0.6 is 12.4 Å². The van der Waals surface area contributed by atoms with Gasteiger partial charge in [0.2, 0.25) is 0 Å². The van der Waals surface area contributed by atoms with E-state index in [4.69, 9.17) is 4.74 Å². The fourth-order valence-electron chi connectivity index (χ4n) is 2.70. The molecule has 1 saturated heterocycles. The number of nitrogens with one attached hydrogen (secondary N) is 1. The Labute approximate surface area is 139 Å². The summed E-state index contributed by atoms with van der Waals surface area (Å²) in [7, 11) is 1.93. The Balaban J connectivity index is 0.00000242. The minimum Gasteiger partial charge on any atom is -0.493 e. The number of nitrogens with zero attached hydrogens (tertiary/aromatic N) is 1. The first-order valence-corrected chi connectivity index (χ1v) is 7.80. The van der Waals surface area contributed by atoms with Gasteiger partial charge in [-0.3, -0.25) is 4.79 Å². The third-order valence-corrected chi connectivity index (χ3v) is 3.74. The number of hydrogen-bond acceptors (Lipinski definition) is 3. The molecule has 1 aromatic rings. The van der Waals surface area contributed by atoms with Crippen LogP contribution < -0.4 is 10.1 Å². The topological polar surface area (TPSA) is 41.6 Å². The van der Waals surface area contributed by atoms with Gasteiger partial charge in [0.05, 0.1) is 6.61 Å². The summed E-state index contributed by atoms with van der Waals surface area (Å²) in [6.45, 7) is 6.60. The van der Waals surface area contributed by atoms with Crippen LogP contribution in [-0.2, 0) is 0 Å². The second kappa shape index (κ2) is 9.01. The lowest BCUT2D eigenvalue weighted by Crippen LogP contribution is -2.40. The van der Waals surface area contributed by atoms with Crippen LogP contribution in [0.3, 0.4) is 0 Å². The molecule has 4 nitrogen and oxygen atoms in total. The number of hydrogen-bond donors (Lipinski definition) is 1. The fraction of sp³-hybridized carbons (Fsp3) is 0.588. The van der Waals surface area contributed by atoms with Gasteiger partial charge in [-0.05, 0) is 44.0 Å². The van der Waals surface area contributed by atoms with E-state index >= 15 is 0 Å². The lowest BCUT2D eigenvalue weighted by Gasteiger charge is -2.24. The third-order valence-electron chi connectivity index (χ3n) is 3.74. The van der Waals surface area contributed by atoms with Gasteiger partial charge in [-0.2, -0.15) is 0 Å². The number of ether oxygens (including phenoxy) is 1. The van der Waals surface area contributed by atoms with Crippen LogP contribution in [0, 0.1) is 5.92 Å². The second-order valence-corrected chi connectivity index (χ2v) is 6.08. The van der Waals surface area contributed by atoms with E-state index < -0.39 is 0 Å². The van der Waals surface area contributed by atoms with Gasteiger partial charge >= 0.3 is 0 Å². The van der Waals surface area contributed by atoms with Crippen molar-refractivity contribution < 1.29 is 9.53 Å². The van der Waals surface area contributed by atoms with E-state index in [-0.39, 0.29) is 18.3 Å². The number of rotatable bonds is 6. The molecule has 1 N–H and O–H groups in total. The molecule has 1 atom stereocenters. The van der Waals surface area contributed by atoms with Gasteiger partial charge in [-0.1, -0.05) is 19.9 Å². The zero-order chi connectivity index (χ0) is 15.2. The molecule has 0 spiro atoms. The van der Waals surface area contributed by atoms with Gasteiger partial charge in [0, 0.05) is 24.7 Å². The predicted octanol–water partition coefficient (Wildman–Crippen LogP) is 2.97. The summed E-state index contributed by atoms with van der Waals surface area (Å²) in [5.74, 6) is 1.37. The first kappa shape index (κ1) is 18.8. The quantitative estimate of drug-likeness (QED) is 0.874. The summed E-state index contributed by atoms with van der Waals surface area (Å²) in [5.41, 5.74) is 0.722. The van der Waals surface area contributed by atoms with Crippen LogP contribution in [0.1, 0.15) is 37.0 Å². The van der Waals surface area contributed by atoms with Crippen molar-refractivity contribution in [3.05, 3.63) is 29.8 Å². The summed E-state index contributed by atoms with van der Waals surface area (Å²) < 4.78 is 5.71. The Kier molecular flexibility index (Phi) is 7.69. The van der Waals surface area contributed by atoms with Crippen molar-refractivity contribution in [2.24, 2.45) is 5.92 Å². The zero-order valence-corrected chi connectivity index (χ0v) is 14.5. The molecule has 0 aromatic heterocycles. The summed E-state index contributed by atoms with van der Waals surface area (Å²) in [6.07, 6.45) is 2.16. The second-order valence-electron chi connectivity index (χ2n) is 6.08. The Morgan fingerprint density at radius 2 is 2.23 bits per heavy atom. The van der Waals surface area contributed by atoms with Crippen molar-refractivity contribution >= 4 is 18.3 Å². The highest BCUT2D eigenvalue weighted by atomic mass is 35.5. The van der Waals surface area contributed by atoms with Gasteiger partial charge < -0.3 is 15.0 Å². The number of carbonyl (C=O) groups is 1. The molecule has 0 saturated carbocycles. The molecule has 1 aliphatic heterocycles. The first-order valence-electron chi connectivity index (χ1n) is 7.80. The van der Waals surface area contributed by atoms with Crippen LogP contribution in [0.2, 0.25) is 0 Å². The van der Waals surface area contributed by atoms with Crippen LogP contribution in [0.15, 0.2) is 24.3 Å². The number of amides is 1. The van der Waals surface area contributed by atoms with Crippen LogP contribution in [-0.4, -0.2) is 43.6 Å². The molecule has 124 valence electrons. The molecule has 0 radical (unpaired) electrons. The maximum atomic E-state index is 12.7. The van der Waals surface area contributed by atoms with Crippen molar-refractivity contribution in [3.8, 4) is 5.75 Å². The van der Waals surface area contributed by atoms with Gasteiger partial charge in [-0.25, -0.2) is 0 Å². The zero-order valence-electron chi connectivity index (χ0n) is 13.7. The minimum absolute atomic E-state index is 0. The molecule has 1 aromatic carbocycles. The largest absolute Gasteiger partial charge is 0.493 e. The Morgan fingerprint density at radius 1 is 1.45 bits per heavy atom. The highest BCUT2D eigenvalue weighted by Gasteiger charge is 2.28. The molecule has 5 heteroatoms. The molecular weight excluding hydrogens is 300 g/mol. The van der Waals surface area contributed by atoms with Gasteiger partial charge in [-0.15, -0.1) is 12.4 Å². The Morgan fingerprint density at radius 3 is 2.91 bits per heavy atom. The number of likely N-dealkylation sites (N-methyl/N-ethyl adjacent to an activating group) is 1. The lowest BCUT2D eigenvalue weighted by atomic mass is 10.1. The van der Waals surface area contributed by atoms with Crippen LogP contribution in [0.25, 0.3) is 0 Å². The molecule has 1 amide bonds. The van der Waals surface area contributed by atoms with E-state index in [0.717, 1.165) is 37.2 Å². The number of benzene rings is 1. The van der Waals surface area contributed by atoms with Crippen molar-refractivity contribution in [2.75, 3.05) is 26.7 Å². The molecule has 1 aliphatic rings. The molecule has 1 fully saturated rings. The third kappa shape index (κ3) is 4.89. The first-order chi connectivity index (χ1) is 10.1. The van der Waals surface area contributed by atoms with E-state index in [1.807, 2.05) is 36.2 Å². The van der Waals surface area contributed by atoms with Crippen LogP contribution in [0.4, 0.5) is 0 Å². The van der Waals surface area contributed by atoms with Crippen molar-refractivity contribution in [3.63, 3.8) is 0 Å². The molecule has 1 heterocycles. The van der Waals surface area contributed by atoms with Gasteiger partial charge in [0.1, 0.15) is 5.75 Å². The van der Waals surface area contributed by atoms with Gasteiger partial charge in [0.15, 0.2) is 0 Å². The van der Waals surface area contributed by atoms with Crippen LogP contribution in [0.5, 0.6) is 5.75 Å². The van der Waals surface area contributed by atoms with Crippen molar-refractivity contribution in [1.82, 2.24) is 10.2 Å². The lowest BCUT2D eigenvalue weighted by molar-refractivity contribution is 0.0736. The molecular formula is C17H27ClN2O2.